The lowest BCUT2D eigenvalue weighted by Gasteiger charge is -2.27. The average molecular weight is 583 g/mol. The van der Waals surface area contributed by atoms with Gasteiger partial charge in [-0.1, -0.05) is 67.6 Å². The van der Waals surface area contributed by atoms with E-state index in [4.69, 9.17) is 9.47 Å². The van der Waals surface area contributed by atoms with Gasteiger partial charge in [-0.15, -0.1) is 0 Å². The molecular weight excluding hydrogens is 540 g/mol. The number of hydrogen-bond donors (Lipinski definition) is 3. The third-order valence-electron chi connectivity index (χ3n) is 6.78. The van der Waals surface area contributed by atoms with Gasteiger partial charge < -0.3 is 25.2 Å². The second-order valence-corrected chi connectivity index (χ2v) is 12.2. The number of ether oxygens (including phenoxy) is 2. The summed E-state index contributed by atoms with van der Waals surface area (Å²) in [6, 6.07) is 24.9. The maximum absolute atomic E-state index is 13.5. The number of sulfone groups is 1. The molecule has 8 nitrogen and oxygen atoms in total. The van der Waals surface area contributed by atoms with E-state index in [0.29, 0.717) is 19.6 Å². The molecule has 41 heavy (non-hydrogen) atoms. The normalized spacial score (nSPS) is 13.7. The average Bonchev–Trinajstić information content (AvgIpc) is 2.99. The van der Waals surface area contributed by atoms with Crippen molar-refractivity contribution in [1.82, 2.24) is 10.6 Å². The van der Waals surface area contributed by atoms with Gasteiger partial charge in [0.2, 0.25) is 5.91 Å². The summed E-state index contributed by atoms with van der Waals surface area (Å²) in [5, 5.41) is 17.4. The van der Waals surface area contributed by atoms with E-state index in [9.17, 15) is 18.3 Å². The van der Waals surface area contributed by atoms with Crippen molar-refractivity contribution in [2.45, 2.75) is 49.8 Å². The molecule has 0 aromatic heterocycles. The van der Waals surface area contributed by atoms with E-state index < -0.39 is 27.9 Å². The predicted molar refractivity (Wildman–Crippen MR) is 160 cm³/mol. The molecule has 3 atom stereocenters. The molecule has 0 aliphatic rings. The van der Waals surface area contributed by atoms with Crippen LogP contribution in [0.1, 0.15) is 30.9 Å². The number of carbonyl (C=O) groups is 1. The molecule has 1 amide bonds. The van der Waals surface area contributed by atoms with E-state index >= 15 is 0 Å². The van der Waals surface area contributed by atoms with Crippen LogP contribution in [-0.4, -0.2) is 64.2 Å². The van der Waals surface area contributed by atoms with Crippen LogP contribution >= 0.6 is 0 Å². The van der Waals surface area contributed by atoms with E-state index in [2.05, 4.69) is 10.6 Å². The highest BCUT2D eigenvalue weighted by molar-refractivity contribution is 7.91. The summed E-state index contributed by atoms with van der Waals surface area (Å²) in [6.45, 7) is 3.31. The van der Waals surface area contributed by atoms with Crippen LogP contribution in [0.5, 0.6) is 5.75 Å². The molecule has 222 valence electrons. The lowest BCUT2D eigenvalue weighted by Crippen LogP contribution is -2.51. The van der Waals surface area contributed by atoms with Crippen LogP contribution in [0, 0.1) is 5.92 Å². The Hall–Kier alpha value is -3.24. The van der Waals surface area contributed by atoms with Gasteiger partial charge in [-0.25, -0.2) is 8.42 Å². The van der Waals surface area contributed by atoms with Crippen LogP contribution in [0.15, 0.2) is 89.8 Å². The van der Waals surface area contributed by atoms with Crippen molar-refractivity contribution < 1.29 is 27.8 Å². The molecule has 3 rings (SSSR count). The molecule has 0 radical (unpaired) electrons. The Morgan fingerprint density at radius 1 is 0.951 bits per heavy atom. The van der Waals surface area contributed by atoms with Crippen molar-refractivity contribution in [3.05, 3.63) is 96.1 Å². The zero-order chi connectivity index (χ0) is 29.5. The smallest absolute Gasteiger partial charge is 0.225 e. The first kappa shape index (κ1) is 32.3. The van der Waals surface area contributed by atoms with E-state index in [1.807, 2.05) is 61.5 Å². The second kappa shape index (κ2) is 16.9. The summed E-state index contributed by atoms with van der Waals surface area (Å²) >= 11 is 0. The van der Waals surface area contributed by atoms with E-state index in [0.717, 1.165) is 23.3 Å². The zero-order valence-electron chi connectivity index (χ0n) is 23.9. The number of hydrogen-bond acceptors (Lipinski definition) is 7. The first-order valence-corrected chi connectivity index (χ1v) is 15.7. The summed E-state index contributed by atoms with van der Waals surface area (Å²) in [5.74, 6) is -0.449. The van der Waals surface area contributed by atoms with Crippen LogP contribution in [0.2, 0.25) is 0 Å². The lowest BCUT2D eigenvalue weighted by atomic mass is 9.99. The maximum atomic E-state index is 13.5. The Kier molecular flexibility index (Phi) is 13.3. The molecule has 0 fully saturated rings. The van der Waals surface area contributed by atoms with E-state index in [1.165, 1.54) is 0 Å². The van der Waals surface area contributed by atoms with Crippen LogP contribution in [0.25, 0.3) is 0 Å². The fourth-order valence-electron chi connectivity index (χ4n) is 4.44. The largest absolute Gasteiger partial charge is 0.497 e. The number of nitrogens with one attached hydrogen (secondary N) is 2. The van der Waals surface area contributed by atoms with Gasteiger partial charge in [-0.05, 0) is 54.7 Å². The minimum absolute atomic E-state index is 0.103. The Balaban J connectivity index is 1.69. The molecule has 0 heterocycles. The van der Waals surface area contributed by atoms with Crippen LogP contribution in [-0.2, 0) is 32.3 Å². The van der Waals surface area contributed by atoms with Crippen molar-refractivity contribution in [3.63, 3.8) is 0 Å². The number of rotatable bonds is 18. The Bertz CT molecular complexity index is 1290. The number of carbonyl (C=O) groups excluding carboxylic acids is 1. The standard InChI is InChI=1S/C32H42N2O6S/c1-3-18-40-24-27(17-19-41(37,38)29-15-8-5-9-16-29)32(36)34-30(21-25-11-6-4-7-12-25)31(35)23-33-22-26-13-10-14-28(20-26)39-2/h4-16,20,27,30-31,33,35H,3,17-19,21-24H2,1-2H3,(H,34,36)/t27?,30-,31+/m0/s1. The fourth-order valence-corrected chi connectivity index (χ4v) is 5.85. The molecule has 9 heteroatoms. The van der Waals surface area contributed by atoms with Gasteiger partial charge >= 0.3 is 0 Å². The molecule has 3 N–H and O–H groups in total. The fraction of sp³-hybridized carbons (Fsp3) is 0.406. The van der Waals surface area contributed by atoms with Crippen molar-refractivity contribution in [1.29, 1.82) is 0 Å². The molecule has 0 aliphatic carbocycles. The zero-order valence-corrected chi connectivity index (χ0v) is 24.7. The first-order valence-electron chi connectivity index (χ1n) is 14.0. The van der Waals surface area contributed by atoms with Gasteiger partial charge in [-0.2, -0.15) is 0 Å². The van der Waals surface area contributed by atoms with Gasteiger partial charge in [0.05, 0.1) is 42.4 Å². The molecule has 0 saturated carbocycles. The number of methoxy groups -OCH3 is 1. The van der Waals surface area contributed by atoms with Crippen molar-refractivity contribution in [2.75, 3.05) is 32.6 Å². The highest BCUT2D eigenvalue weighted by Crippen LogP contribution is 2.17. The van der Waals surface area contributed by atoms with Gasteiger partial charge in [0.1, 0.15) is 5.75 Å². The maximum Gasteiger partial charge on any atom is 0.225 e. The Labute approximate surface area is 244 Å². The Morgan fingerprint density at radius 2 is 1.63 bits per heavy atom. The topological polar surface area (TPSA) is 114 Å². The second-order valence-electron chi connectivity index (χ2n) is 10.0. The molecule has 1 unspecified atom stereocenters. The highest BCUT2D eigenvalue weighted by atomic mass is 32.2. The van der Waals surface area contributed by atoms with E-state index in [-0.39, 0.29) is 36.1 Å². The molecule has 3 aromatic rings. The monoisotopic (exact) mass is 582 g/mol. The number of aliphatic hydroxyl groups is 1. The SMILES string of the molecule is CCCOCC(CCS(=O)(=O)c1ccccc1)C(=O)N[C@@H](Cc1ccccc1)[C@H](O)CNCc1cccc(OC)c1. The van der Waals surface area contributed by atoms with Gasteiger partial charge in [0, 0.05) is 19.7 Å². The van der Waals surface area contributed by atoms with Gasteiger partial charge in [0.25, 0.3) is 0 Å². The van der Waals surface area contributed by atoms with Gasteiger partial charge in [-0.3, -0.25) is 4.79 Å². The molecule has 3 aromatic carbocycles. The summed E-state index contributed by atoms with van der Waals surface area (Å²) < 4.78 is 36.8. The summed E-state index contributed by atoms with van der Waals surface area (Å²) in [7, 11) is -1.94. The molecule has 0 bridgehead atoms. The van der Waals surface area contributed by atoms with Gasteiger partial charge in [0.15, 0.2) is 9.84 Å². The third-order valence-corrected chi connectivity index (χ3v) is 8.55. The molecular formula is C32H42N2O6S. The number of aliphatic hydroxyl groups excluding tert-OH is 1. The minimum Gasteiger partial charge on any atom is -0.497 e. The van der Waals surface area contributed by atoms with Crippen molar-refractivity contribution in [3.8, 4) is 5.75 Å². The number of amides is 1. The summed E-state index contributed by atoms with van der Waals surface area (Å²) in [6.07, 6.45) is 0.411. The minimum atomic E-state index is -3.56. The quantitative estimate of drug-likeness (QED) is 0.196. The van der Waals surface area contributed by atoms with E-state index in [1.54, 1.807) is 37.4 Å². The Morgan fingerprint density at radius 3 is 2.32 bits per heavy atom. The van der Waals surface area contributed by atoms with Crippen molar-refractivity contribution >= 4 is 15.7 Å². The predicted octanol–water partition coefficient (Wildman–Crippen LogP) is 3.78. The first-order chi connectivity index (χ1) is 19.8. The van der Waals surface area contributed by atoms with Crippen LogP contribution < -0.4 is 15.4 Å². The number of benzene rings is 3. The summed E-state index contributed by atoms with van der Waals surface area (Å²) in [5.41, 5.74) is 1.98. The lowest BCUT2D eigenvalue weighted by molar-refractivity contribution is -0.128. The molecule has 0 aliphatic heterocycles. The van der Waals surface area contributed by atoms with Crippen molar-refractivity contribution in [2.24, 2.45) is 5.92 Å². The third kappa shape index (κ3) is 10.9. The van der Waals surface area contributed by atoms with Crippen LogP contribution in [0.3, 0.4) is 0 Å². The molecule has 0 spiro atoms. The molecule has 0 saturated heterocycles. The highest BCUT2D eigenvalue weighted by Gasteiger charge is 2.28. The van der Waals surface area contributed by atoms with Crippen LogP contribution in [0.4, 0.5) is 0 Å². The summed E-state index contributed by atoms with van der Waals surface area (Å²) in [4.78, 5) is 13.8.